The maximum Gasteiger partial charge on any atom is 0.0138 e. The molecule has 2 saturated carbocycles. The summed E-state index contributed by atoms with van der Waals surface area (Å²) in [7, 11) is 2.36. The molecule has 17 heavy (non-hydrogen) atoms. The molecule has 0 radical (unpaired) electrons. The zero-order chi connectivity index (χ0) is 12.3. The molecular formula is C15H30N2. The fraction of sp³-hybridized carbons (Fsp3) is 1.00. The van der Waals surface area contributed by atoms with E-state index in [4.69, 9.17) is 5.73 Å². The van der Waals surface area contributed by atoms with Crippen molar-refractivity contribution in [2.45, 2.75) is 70.4 Å². The SMILES string of the molecule is CCC1CCC(CN)C(N(C)C2CCCC2)C1. The second-order valence-electron chi connectivity index (χ2n) is 6.25. The third-order valence-corrected chi connectivity index (χ3v) is 5.37. The van der Waals surface area contributed by atoms with E-state index in [0.717, 1.165) is 30.5 Å². The van der Waals surface area contributed by atoms with Crippen molar-refractivity contribution in [1.82, 2.24) is 4.90 Å². The lowest BCUT2D eigenvalue weighted by Gasteiger charge is -2.43. The van der Waals surface area contributed by atoms with Gasteiger partial charge in [0.05, 0.1) is 0 Å². The molecule has 3 unspecified atom stereocenters. The average molecular weight is 238 g/mol. The quantitative estimate of drug-likeness (QED) is 0.816. The Labute approximate surface area is 107 Å². The summed E-state index contributed by atoms with van der Waals surface area (Å²) >= 11 is 0. The second kappa shape index (κ2) is 6.19. The predicted molar refractivity (Wildman–Crippen MR) is 74.0 cm³/mol. The van der Waals surface area contributed by atoms with Crippen molar-refractivity contribution in [3.8, 4) is 0 Å². The molecule has 0 aliphatic heterocycles. The molecule has 2 nitrogen and oxygen atoms in total. The van der Waals surface area contributed by atoms with Crippen molar-refractivity contribution >= 4 is 0 Å². The van der Waals surface area contributed by atoms with Gasteiger partial charge in [0.15, 0.2) is 0 Å². The largest absolute Gasteiger partial charge is 0.330 e. The van der Waals surface area contributed by atoms with Crippen LogP contribution < -0.4 is 5.73 Å². The molecule has 2 aliphatic rings. The lowest BCUT2D eigenvalue weighted by atomic mass is 9.76. The van der Waals surface area contributed by atoms with E-state index in [9.17, 15) is 0 Å². The third-order valence-electron chi connectivity index (χ3n) is 5.37. The van der Waals surface area contributed by atoms with Crippen molar-refractivity contribution < 1.29 is 0 Å². The first-order valence-corrected chi connectivity index (χ1v) is 7.68. The van der Waals surface area contributed by atoms with Gasteiger partial charge in [-0.25, -0.2) is 0 Å². The van der Waals surface area contributed by atoms with Crippen molar-refractivity contribution in [3.63, 3.8) is 0 Å². The highest BCUT2D eigenvalue weighted by molar-refractivity contribution is 4.89. The highest BCUT2D eigenvalue weighted by Gasteiger charge is 2.34. The van der Waals surface area contributed by atoms with Crippen LogP contribution in [0, 0.1) is 11.8 Å². The van der Waals surface area contributed by atoms with Gasteiger partial charge in [0.2, 0.25) is 0 Å². The Morgan fingerprint density at radius 1 is 1.12 bits per heavy atom. The van der Waals surface area contributed by atoms with Gasteiger partial charge in [0.1, 0.15) is 0 Å². The minimum atomic E-state index is 0.753. The second-order valence-corrected chi connectivity index (χ2v) is 6.25. The highest BCUT2D eigenvalue weighted by Crippen LogP contribution is 2.36. The van der Waals surface area contributed by atoms with E-state index in [1.165, 1.54) is 51.4 Å². The normalized spacial score (nSPS) is 35.6. The Bertz CT molecular complexity index is 223. The molecule has 3 atom stereocenters. The van der Waals surface area contributed by atoms with Crippen molar-refractivity contribution in [2.75, 3.05) is 13.6 Å². The van der Waals surface area contributed by atoms with Crippen LogP contribution in [0.15, 0.2) is 0 Å². The molecule has 2 aliphatic carbocycles. The molecule has 2 heteroatoms. The summed E-state index contributed by atoms with van der Waals surface area (Å²) in [5, 5.41) is 0. The molecule has 0 saturated heterocycles. The number of hydrogen-bond donors (Lipinski definition) is 1. The summed E-state index contributed by atoms with van der Waals surface area (Å²) in [5.74, 6) is 1.70. The van der Waals surface area contributed by atoms with Gasteiger partial charge >= 0.3 is 0 Å². The van der Waals surface area contributed by atoms with Crippen LogP contribution in [0.3, 0.4) is 0 Å². The summed E-state index contributed by atoms with van der Waals surface area (Å²) < 4.78 is 0. The van der Waals surface area contributed by atoms with Gasteiger partial charge in [-0.15, -0.1) is 0 Å². The highest BCUT2D eigenvalue weighted by atomic mass is 15.2. The summed E-state index contributed by atoms with van der Waals surface area (Å²) in [5.41, 5.74) is 5.99. The summed E-state index contributed by atoms with van der Waals surface area (Å²) in [6, 6.07) is 1.62. The van der Waals surface area contributed by atoms with E-state index in [-0.39, 0.29) is 0 Å². The Morgan fingerprint density at radius 3 is 2.41 bits per heavy atom. The first-order chi connectivity index (χ1) is 8.26. The fourth-order valence-corrected chi connectivity index (χ4v) is 4.02. The topological polar surface area (TPSA) is 29.3 Å². The van der Waals surface area contributed by atoms with Crippen molar-refractivity contribution in [1.29, 1.82) is 0 Å². The first-order valence-electron chi connectivity index (χ1n) is 7.68. The smallest absolute Gasteiger partial charge is 0.0138 e. The standard InChI is InChI=1S/C15H30N2/c1-3-12-8-9-13(11-16)15(10-12)17(2)14-6-4-5-7-14/h12-15H,3-11,16H2,1-2H3. The molecular weight excluding hydrogens is 208 g/mol. The zero-order valence-electron chi connectivity index (χ0n) is 11.7. The summed E-state index contributed by atoms with van der Waals surface area (Å²) in [6.07, 6.45) is 11.2. The van der Waals surface area contributed by atoms with E-state index < -0.39 is 0 Å². The maximum atomic E-state index is 5.99. The number of rotatable bonds is 4. The van der Waals surface area contributed by atoms with Crippen LogP contribution >= 0.6 is 0 Å². The van der Waals surface area contributed by atoms with Gasteiger partial charge in [-0.3, -0.25) is 0 Å². The summed E-state index contributed by atoms with van der Waals surface area (Å²) in [4.78, 5) is 2.70. The molecule has 100 valence electrons. The Morgan fingerprint density at radius 2 is 1.82 bits per heavy atom. The van der Waals surface area contributed by atoms with E-state index in [2.05, 4.69) is 18.9 Å². The Kier molecular flexibility index (Phi) is 4.87. The van der Waals surface area contributed by atoms with Gasteiger partial charge in [0.25, 0.3) is 0 Å². The number of hydrogen-bond acceptors (Lipinski definition) is 2. The van der Waals surface area contributed by atoms with Gasteiger partial charge in [-0.1, -0.05) is 32.6 Å². The van der Waals surface area contributed by atoms with Crippen LogP contribution in [-0.4, -0.2) is 30.6 Å². The molecule has 0 heterocycles. The third kappa shape index (κ3) is 3.03. The van der Waals surface area contributed by atoms with Crippen molar-refractivity contribution in [3.05, 3.63) is 0 Å². The first kappa shape index (κ1) is 13.4. The minimum absolute atomic E-state index is 0.753. The molecule has 0 amide bonds. The molecule has 0 aromatic heterocycles. The average Bonchev–Trinajstić information content (AvgIpc) is 2.91. The predicted octanol–water partition coefficient (Wildman–Crippen LogP) is 3.01. The molecule has 0 bridgehead atoms. The fourth-order valence-electron chi connectivity index (χ4n) is 4.02. The van der Waals surface area contributed by atoms with Crippen LogP contribution in [0.1, 0.15) is 58.3 Å². The van der Waals surface area contributed by atoms with Crippen LogP contribution in [0.2, 0.25) is 0 Å². The van der Waals surface area contributed by atoms with Gasteiger partial charge in [-0.2, -0.15) is 0 Å². The molecule has 0 spiro atoms. The maximum absolute atomic E-state index is 5.99. The van der Waals surface area contributed by atoms with E-state index in [1.807, 2.05) is 0 Å². The van der Waals surface area contributed by atoms with E-state index in [0.29, 0.717) is 0 Å². The van der Waals surface area contributed by atoms with Gasteiger partial charge in [-0.05, 0) is 51.1 Å². The van der Waals surface area contributed by atoms with Crippen molar-refractivity contribution in [2.24, 2.45) is 17.6 Å². The lowest BCUT2D eigenvalue weighted by molar-refractivity contribution is 0.0701. The molecule has 2 fully saturated rings. The minimum Gasteiger partial charge on any atom is -0.330 e. The zero-order valence-corrected chi connectivity index (χ0v) is 11.7. The Balaban J connectivity index is 1.98. The molecule has 0 aromatic rings. The lowest BCUT2D eigenvalue weighted by Crippen LogP contribution is -2.48. The van der Waals surface area contributed by atoms with Crippen LogP contribution in [0.25, 0.3) is 0 Å². The van der Waals surface area contributed by atoms with E-state index >= 15 is 0 Å². The van der Waals surface area contributed by atoms with Gasteiger partial charge in [0, 0.05) is 12.1 Å². The molecule has 0 aromatic carbocycles. The van der Waals surface area contributed by atoms with Gasteiger partial charge < -0.3 is 10.6 Å². The number of nitrogens with zero attached hydrogens (tertiary/aromatic N) is 1. The van der Waals surface area contributed by atoms with E-state index in [1.54, 1.807) is 0 Å². The van der Waals surface area contributed by atoms with Crippen LogP contribution in [0.5, 0.6) is 0 Å². The summed E-state index contributed by atoms with van der Waals surface area (Å²) in [6.45, 7) is 3.23. The monoisotopic (exact) mass is 238 g/mol. The van der Waals surface area contributed by atoms with Crippen LogP contribution in [-0.2, 0) is 0 Å². The molecule has 2 N–H and O–H groups in total. The molecule has 2 rings (SSSR count). The van der Waals surface area contributed by atoms with Crippen LogP contribution in [0.4, 0.5) is 0 Å². The Hall–Kier alpha value is -0.0800. The number of nitrogens with two attached hydrogens (primary N) is 1.